The summed E-state index contributed by atoms with van der Waals surface area (Å²) in [6.07, 6.45) is -1.94. The quantitative estimate of drug-likeness (QED) is 0.820. The molecule has 0 unspecified atom stereocenters. The van der Waals surface area contributed by atoms with E-state index in [-0.39, 0.29) is 6.54 Å². The summed E-state index contributed by atoms with van der Waals surface area (Å²) in [6.45, 7) is 2.41. The van der Waals surface area contributed by atoms with Crippen LogP contribution in [0.15, 0.2) is 12.4 Å². The van der Waals surface area contributed by atoms with Crippen molar-refractivity contribution in [3.63, 3.8) is 0 Å². The van der Waals surface area contributed by atoms with Gasteiger partial charge in [0.15, 0.2) is 0 Å². The summed E-state index contributed by atoms with van der Waals surface area (Å²) in [6, 6.07) is 0. The lowest BCUT2D eigenvalue weighted by atomic mass is 10.4. The Morgan fingerprint density at radius 3 is 2.79 bits per heavy atom. The summed E-state index contributed by atoms with van der Waals surface area (Å²) in [4.78, 5) is 3.89. The zero-order valence-corrected chi connectivity index (χ0v) is 7.80. The number of aromatic nitrogens is 2. The largest absolute Gasteiger partial charge is 0.390 e. The fourth-order valence-electron chi connectivity index (χ4n) is 1.06. The third kappa shape index (κ3) is 3.27. The molecule has 1 aromatic rings. The smallest absolute Gasteiger partial charge is 0.356 e. The highest BCUT2D eigenvalue weighted by Gasteiger charge is 2.26. The van der Waals surface area contributed by atoms with E-state index in [9.17, 15) is 13.2 Å². The highest BCUT2D eigenvalue weighted by atomic mass is 19.4. The molecule has 0 bridgehead atoms. The lowest BCUT2D eigenvalue weighted by Crippen LogP contribution is -2.14. The molecule has 0 aliphatic heterocycles. The summed E-state index contributed by atoms with van der Waals surface area (Å²) in [5, 5.41) is 2.88. The number of aryl methyl sites for hydroxylation is 1. The summed E-state index contributed by atoms with van der Waals surface area (Å²) in [5.41, 5.74) is 0. The Balaban J connectivity index is 2.53. The van der Waals surface area contributed by atoms with Crippen molar-refractivity contribution in [1.29, 1.82) is 0 Å². The lowest BCUT2D eigenvalue weighted by molar-refractivity contribution is -0.136. The number of hydrogen-bond donors (Lipinski definition) is 1. The van der Waals surface area contributed by atoms with Gasteiger partial charge in [0.25, 0.3) is 0 Å². The Morgan fingerprint density at radius 1 is 1.50 bits per heavy atom. The maximum absolute atomic E-state index is 11.9. The minimum Gasteiger partial charge on any atom is -0.356 e. The molecule has 0 spiro atoms. The van der Waals surface area contributed by atoms with Crippen LogP contribution in [0.5, 0.6) is 0 Å². The van der Waals surface area contributed by atoms with Gasteiger partial charge in [0, 0.05) is 25.5 Å². The number of nitrogens with zero attached hydrogens (tertiary/aromatic N) is 2. The molecule has 14 heavy (non-hydrogen) atoms. The molecule has 0 atom stereocenters. The highest BCUT2D eigenvalue weighted by Crippen LogP contribution is 2.21. The predicted octanol–water partition coefficient (Wildman–Crippen LogP) is 2.27. The normalized spacial score (nSPS) is 11.7. The zero-order chi connectivity index (χ0) is 10.6. The zero-order valence-electron chi connectivity index (χ0n) is 7.80. The second-order valence-electron chi connectivity index (χ2n) is 2.84. The van der Waals surface area contributed by atoms with Gasteiger partial charge < -0.3 is 9.88 Å². The van der Waals surface area contributed by atoms with Gasteiger partial charge in [-0.3, -0.25) is 0 Å². The molecule has 1 heterocycles. The molecular weight excluding hydrogens is 195 g/mol. The molecule has 0 radical (unpaired) electrons. The topological polar surface area (TPSA) is 29.9 Å². The number of anilines is 1. The molecular formula is C8H12F3N3. The van der Waals surface area contributed by atoms with E-state index >= 15 is 0 Å². The summed E-state index contributed by atoms with van der Waals surface area (Å²) in [7, 11) is 0. The van der Waals surface area contributed by atoms with Crippen LogP contribution < -0.4 is 5.32 Å². The Kier molecular flexibility index (Phi) is 3.38. The van der Waals surface area contributed by atoms with E-state index in [2.05, 4.69) is 10.3 Å². The number of hydrogen-bond acceptors (Lipinski definition) is 2. The van der Waals surface area contributed by atoms with E-state index in [0.717, 1.165) is 0 Å². The maximum Gasteiger partial charge on any atom is 0.390 e. The van der Waals surface area contributed by atoms with Gasteiger partial charge in [-0.05, 0) is 6.92 Å². The van der Waals surface area contributed by atoms with Crippen LogP contribution in [-0.4, -0.2) is 22.3 Å². The second kappa shape index (κ2) is 4.34. The summed E-state index contributed by atoms with van der Waals surface area (Å²) >= 11 is 0. The van der Waals surface area contributed by atoms with Crippen molar-refractivity contribution in [2.45, 2.75) is 26.1 Å². The van der Waals surface area contributed by atoms with E-state index in [1.165, 1.54) is 17.0 Å². The molecule has 1 N–H and O–H groups in total. The molecule has 0 amide bonds. The Morgan fingerprint density at radius 2 is 2.21 bits per heavy atom. The van der Waals surface area contributed by atoms with E-state index in [0.29, 0.717) is 12.5 Å². The molecule has 0 saturated carbocycles. The van der Waals surface area contributed by atoms with Gasteiger partial charge in [0.2, 0.25) is 5.95 Å². The molecule has 0 fully saturated rings. The third-order valence-electron chi connectivity index (χ3n) is 1.69. The van der Waals surface area contributed by atoms with Crippen molar-refractivity contribution in [2.24, 2.45) is 0 Å². The molecule has 80 valence electrons. The first-order valence-corrected chi connectivity index (χ1v) is 4.34. The van der Waals surface area contributed by atoms with Gasteiger partial charge in [0.05, 0.1) is 6.42 Å². The van der Waals surface area contributed by atoms with Crippen LogP contribution in [0.3, 0.4) is 0 Å². The van der Waals surface area contributed by atoms with Crippen LogP contribution in [0.1, 0.15) is 13.3 Å². The van der Waals surface area contributed by atoms with Gasteiger partial charge in [-0.15, -0.1) is 0 Å². The van der Waals surface area contributed by atoms with Crippen LogP contribution in [0.4, 0.5) is 19.1 Å². The number of imidazole rings is 1. The molecule has 0 saturated heterocycles. The lowest BCUT2D eigenvalue weighted by Gasteiger charge is -2.09. The van der Waals surface area contributed by atoms with Crippen LogP contribution in [0.25, 0.3) is 0 Å². The summed E-state index contributed by atoms with van der Waals surface area (Å²) < 4.78 is 37.2. The van der Waals surface area contributed by atoms with Crippen LogP contribution in [0.2, 0.25) is 0 Å². The van der Waals surface area contributed by atoms with E-state index in [1.807, 2.05) is 6.92 Å². The van der Waals surface area contributed by atoms with Gasteiger partial charge in [0.1, 0.15) is 0 Å². The van der Waals surface area contributed by atoms with Crippen molar-refractivity contribution >= 4 is 5.95 Å². The number of alkyl halides is 3. The Labute approximate surface area is 79.9 Å². The Hall–Kier alpha value is -1.20. The molecule has 0 aliphatic rings. The Bertz CT molecular complexity index is 280. The van der Waals surface area contributed by atoms with Gasteiger partial charge in [-0.1, -0.05) is 0 Å². The highest BCUT2D eigenvalue weighted by molar-refractivity contribution is 5.25. The van der Waals surface area contributed by atoms with Crippen molar-refractivity contribution in [1.82, 2.24) is 9.55 Å². The molecule has 1 rings (SSSR count). The summed E-state index contributed by atoms with van der Waals surface area (Å²) in [5.74, 6) is 0.483. The van der Waals surface area contributed by atoms with Gasteiger partial charge >= 0.3 is 6.18 Å². The fourth-order valence-corrected chi connectivity index (χ4v) is 1.06. The first-order valence-electron chi connectivity index (χ1n) is 4.34. The van der Waals surface area contributed by atoms with Crippen LogP contribution in [-0.2, 0) is 6.54 Å². The van der Waals surface area contributed by atoms with Gasteiger partial charge in [-0.2, -0.15) is 13.2 Å². The predicted molar refractivity (Wildman–Crippen MR) is 47.1 cm³/mol. The average Bonchev–Trinajstić information content (AvgIpc) is 2.48. The maximum atomic E-state index is 11.9. The van der Waals surface area contributed by atoms with Gasteiger partial charge in [-0.25, -0.2) is 4.98 Å². The molecule has 6 heteroatoms. The van der Waals surface area contributed by atoms with E-state index < -0.39 is 12.6 Å². The molecule has 0 aliphatic carbocycles. The van der Waals surface area contributed by atoms with Crippen LogP contribution >= 0.6 is 0 Å². The number of halogens is 3. The molecule has 3 nitrogen and oxygen atoms in total. The van der Waals surface area contributed by atoms with Crippen molar-refractivity contribution < 1.29 is 13.2 Å². The first kappa shape index (κ1) is 10.9. The van der Waals surface area contributed by atoms with Crippen molar-refractivity contribution in [3.8, 4) is 0 Å². The first-order chi connectivity index (χ1) is 6.53. The van der Waals surface area contributed by atoms with E-state index in [4.69, 9.17) is 0 Å². The second-order valence-corrected chi connectivity index (χ2v) is 2.84. The minimum absolute atomic E-state index is 0.0914. The SMILES string of the molecule is CCNc1nccn1CCC(F)(F)F. The average molecular weight is 207 g/mol. The third-order valence-corrected chi connectivity index (χ3v) is 1.69. The van der Waals surface area contributed by atoms with E-state index in [1.54, 1.807) is 0 Å². The standard InChI is InChI=1S/C8H12F3N3/c1-2-12-7-13-4-6-14(7)5-3-8(9,10)11/h4,6H,2-3,5H2,1H3,(H,12,13). The van der Waals surface area contributed by atoms with Crippen LogP contribution in [0, 0.1) is 0 Å². The minimum atomic E-state index is -4.12. The molecule has 0 aromatic carbocycles. The number of rotatable bonds is 4. The monoisotopic (exact) mass is 207 g/mol. The van der Waals surface area contributed by atoms with Crippen molar-refractivity contribution in [3.05, 3.63) is 12.4 Å². The van der Waals surface area contributed by atoms with Crippen molar-refractivity contribution in [2.75, 3.05) is 11.9 Å². The fraction of sp³-hybridized carbons (Fsp3) is 0.625. The number of nitrogens with one attached hydrogen (secondary N) is 1. The molecule has 1 aromatic heterocycles.